The molecule has 19 heavy (non-hydrogen) atoms. The topological polar surface area (TPSA) is 68.0 Å². The number of carbonyl (C=O) groups is 1. The Morgan fingerprint density at radius 3 is 2.58 bits per heavy atom. The second-order valence-corrected chi connectivity index (χ2v) is 5.54. The van der Waals surface area contributed by atoms with E-state index in [1.807, 2.05) is 50.4 Å². The highest BCUT2D eigenvalue weighted by molar-refractivity contribution is 5.77. The second kappa shape index (κ2) is 3.91. The fourth-order valence-corrected chi connectivity index (χ4v) is 2.78. The first-order valence-electron chi connectivity index (χ1n) is 6.22. The van der Waals surface area contributed by atoms with Crippen molar-refractivity contribution in [2.75, 3.05) is 0 Å². The van der Waals surface area contributed by atoms with Gasteiger partial charge in [-0.15, -0.1) is 5.10 Å². The molecule has 2 aromatic rings. The van der Waals surface area contributed by atoms with Crippen LogP contribution in [0.25, 0.3) is 5.69 Å². The monoisotopic (exact) mass is 257 g/mol. The van der Waals surface area contributed by atoms with E-state index < -0.39 is 5.97 Å². The number of carboxylic acid groups (broad SMARTS) is 1. The fraction of sp³-hybridized carbons (Fsp3) is 0.357. The van der Waals surface area contributed by atoms with Crippen LogP contribution < -0.4 is 0 Å². The summed E-state index contributed by atoms with van der Waals surface area (Å²) in [5.74, 6) is -1.18. The summed E-state index contributed by atoms with van der Waals surface area (Å²) >= 11 is 0. The van der Waals surface area contributed by atoms with Gasteiger partial charge in [0.15, 0.2) is 0 Å². The molecule has 2 atom stereocenters. The number of aromatic nitrogens is 3. The molecule has 1 aliphatic rings. The minimum absolute atomic E-state index is 0.0533. The molecule has 3 rings (SSSR count). The molecule has 1 heterocycles. The van der Waals surface area contributed by atoms with Crippen molar-refractivity contribution < 1.29 is 9.90 Å². The number of para-hydroxylation sites is 1. The molecular weight excluding hydrogens is 242 g/mol. The lowest BCUT2D eigenvalue weighted by molar-refractivity contribution is -0.139. The van der Waals surface area contributed by atoms with E-state index in [9.17, 15) is 9.90 Å². The van der Waals surface area contributed by atoms with Gasteiger partial charge in [-0.2, -0.15) is 0 Å². The van der Waals surface area contributed by atoms with Crippen molar-refractivity contribution in [1.82, 2.24) is 15.0 Å². The third kappa shape index (κ3) is 1.82. The number of carboxylic acids is 1. The van der Waals surface area contributed by atoms with Gasteiger partial charge in [0, 0.05) is 5.92 Å². The lowest BCUT2D eigenvalue weighted by atomic mass is 10.1. The highest BCUT2D eigenvalue weighted by Crippen LogP contribution is 2.63. The van der Waals surface area contributed by atoms with Crippen LogP contribution in [0, 0.1) is 11.3 Å². The average molecular weight is 257 g/mol. The summed E-state index contributed by atoms with van der Waals surface area (Å²) in [7, 11) is 0. The summed E-state index contributed by atoms with van der Waals surface area (Å²) in [5.41, 5.74) is 1.43. The molecule has 1 aromatic heterocycles. The van der Waals surface area contributed by atoms with E-state index >= 15 is 0 Å². The van der Waals surface area contributed by atoms with Crippen molar-refractivity contribution in [3.05, 3.63) is 42.2 Å². The Morgan fingerprint density at radius 2 is 2.00 bits per heavy atom. The lowest BCUT2D eigenvalue weighted by Crippen LogP contribution is -2.03. The normalized spacial score (nSPS) is 24.1. The minimum atomic E-state index is -0.760. The molecule has 1 aliphatic carbocycles. The number of rotatable bonds is 3. The molecule has 0 saturated heterocycles. The zero-order valence-corrected chi connectivity index (χ0v) is 10.8. The van der Waals surface area contributed by atoms with E-state index in [0.717, 1.165) is 11.4 Å². The smallest absolute Gasteiger partial charge is 0.307 e. The molecule has 0 bridgehead atoms. The van der Waals surface area contributed by atoms with Gasteiger partial charge in [-0.05, 0) is 17.5 Å². The number of aliphatic carboxylic acids is 1. The van der Waals surface area contributed by atoms with Gasteiger partial charge in [-0.3, -0.25) is 4.79 Å². The minimum Gasteiger partial charge on any atom is -0.481 e. The number of hydrogen-bond donors (Lipinski definition) is 1. The van der Waals surface area contributed by atoms with Crippen molar-refractivity contribution in [3.63, 3.8) is 0 Å². The van der Waals surface area contributed by atoms with Gasteiger partial charge in [-0.1, -0.05) is 37.3 Å². The Balaban J connectivity index is 1.90. The summed E-state index contributed by atoms with van der Waals surface area (Å²) in [6.45, 7) is 3.91. The van der Waals surface area contributed by atoms with Crippen LogP contribution >= 0.6 is 0 Å². The van der Waals surface area contributed by atoms with Gasteiger partial charge >= 0.3 is 5.97 Å². The fourth-order valence-electron chi connectivity index (χ4n) is 2.78. The molecule has 5 nitrogen and oxygen atoms in total. The van der Waals surface area contributed by atoms with Gasteiger partial charge in [0.2, 0.25) is 0 Å². The zero-order valence-electron chi connectivity index (χ0n) is 10.8. The van der Waals surface area contributed by atoms with E-state index in [-0.39, 0.29) is 17.3 Å². The van der Waals surface area contributed by atoms with E-state index in [0.29, 0.717) is 0 Å². The van der Waals surface area contributed by atoms with Crippen molar-refractivity contribution in [3.8, 4) is 5.69 Å². The van der Waals surface area contributed by atoms with Crippen molar-refractivity contribution >= 4 is 5.97 Å². The predicted molar refractivity (Wildman–Crippen MR) is 69.0 cm³/mol. The molecule has 0 aliphatic heterocycles. The Morgan fingerprint density at radius 1 is 1.32 bits per heavy atom. The Kier molecular flexibility index (Phi) is 2.45. The van der Waals surface area contributed by atoms with Gasteiger partial charge in [0.1, 0.15) is 0 Å². The van der Waals surface area contributed by atoms with Gasteiger partial charge in [-0.25, -0.2) is 4.68 Å². The summed E-state index contributed by atoms with van der Waals surface area (Å²) in [4.78, 5) is 11.2. The maximum Gasteiger partial charge on any atom is 0.307 e. The average Bonchev–Trinajstić information content (AvgIpc) is 2.76. The third-order valence-electron chi connectivity index (χ3n) is 3.94. The van der Waals surface area contributed by atoms with Crippen LogP contribution in [-0.4, -0.2) is 26.1 Å². The summed E-state index contributed by atoms with van der Waals surface area (Å²) in [5, 5.41) is 17.4. The first-order chi connectivity index (χ1) is 9.01. The van der Waals surface area contributed by atoms with Gasteiger partial charge in [0.05, 0.1) is 23.5 Å². The standard InChI is InChI=1S/C14H15N3O2/c1-14(2)11(12(14)13(18)19)10-8-17(16-15-10)9-6-4-3-5-7-9/h3-8,11-12H,1-2H3,(H,18,19). The van der Waals surface area contributed by atoms with Crippen LogP contribution in [0.15, 0.2) is 36.5 Å². The molecular formula is C14H15N3O2. The highest BCUT2D eigenvalue weighted by Gasteiger charge is 2.64. The molecule has 1 aromatic carbocycles. The maximum atomic E-state index is 11.2. The molecule has 1 fully saturated rings. The molecule has 0 amide bonds. The van der Waals surface area contributed by atoms with E-state index in [2.05, 4.69) is 10.3 Å². The van der Waals surface area contributed by atoms with Crippen molar-refractivity contribution in [2.24, 2.45) is 11.3 Å². The quantitative estimate of drug-likeness (QED) is 0.914. The molecule has 1 N–H and O–H groups in total. The molecule has 0 radical (unpaired) electrons. The first kappa shape index (κ1) is 11.9. The van der Waals surface area contributed by atoms with Crippen LogP contribution in [0.3, 0.4) is 0 Å². The van der Waals surface area contributed by atoms with Crippen LogP contribution in [0.4, 0.5) is 0 Å². The Labute approximate surface area is 110 Å². The molecule has 0 spiro atoms. The van der Waals surface area contributed by atoms with Crippen LogP contribution in [0.5, 0.6) is 0 Å². The molecule has 2 unspecified atom stereocenters. The largest absolute Gasteiger partial charge is 0.481 e. The third-order valence-corrected chi connectivity index (χ3v) is 3.94. The number of nitrogens with zero attached hydrogens (tertiary/aromatic N) is 3. The van der Waals surface area contributed by atoms with E-state index in [4.69, 9.17) is 0 Å². The summed E-state index contributed by atoms with van der Waals surface area (Å²) in [6.07, 6.45) is 1.82. The lowest BCUT2D eigenvalue weighted by Gasteiger charge is -1.98. The predicted octanol–water partition coefficient (Wildman–Crippen LogP) is 2.09. The van der Waals surface area contributed by atoms with Crippen molar-refractivity contribution in [2.45, 2.75) is 19.8 Å². The van der Waals surface area contributed by atoms with Crippen LogP contribution in [-0.2, 0) is 4.79 Å². The van der Waals surface area contributed by atoms with Crippen LogP contribution in [0.1, 0.15) is 25.5 Å². The zero-order chi connectivity index (χ0) is 13.6. The number of benzene rings is 1. The molecule has 98 valence electrons. The highest BCUT2D eigenvalue weighted by atomic mass is 16.4. The van der Waals surface area contributed by atoms with Crippen molar-refractivity contribution in [1.29, 1.82) is 0 Å². The Bertz CT molecular complexity index is 619. The maximum absolute atomic E-state index is 11.2. The van der Waals surface area contributed by atoms with Gasteiger partial charge < -0.3 is 5.11 Å². The summed E-state index contributed by atoms with van der Waals surface area (Å²) < 4.78 is 1.68. The molecule has 1 saturated carbocycles. The van der Waals surface area contributed by atoms with E-state index in [1.54, 1.807) is 4.68 Å². The summed E-state index contributed by atoms with van der Waals surface area (Å²) in [6, 6.07) is 9.66. The van der Waals surface area contributed by atoms with Crippen LogP contribution in [0.2, 0.25) is 0 Å². The van der Waals surface area contributed by atoms with Gasteiger partial charge in [0.25, 0.3) is 0 Å². The molecule has 5 heteroatoms. The SMILES string of the molecule is CC1(C)C(C(=O)O)C1c1cn(-c2ccccc2)nn1. The Hall–Kier alpha value is -2.17. The van der Waals surface area contributed by atoms with E-state index in [1.165, 1.54) is 0 Å². The second-order valence-electron chi connectivity index (χ2n) is 5.54. The number of hydrogen-bond acceptors (Lipinski definition) is 3. The first-order valence-corrected chi connectivity index (χ1v) is 6.22.